The number of carbonyl (C=O) groups excluding carboxylic acids is 2. The largest absolute Gasteiger partial charge is 0.493 e. The SMILES string of the molecule is COCCNC(=O)CCn1c(=O)c2cc(OC)c(OC)cc2n(CC(=O)Nc2ccc(C)cc2)c1=O. The molecule has 11 nitrogen and oxygen atoms in total. The molecule has 0 bridgehead atoms. The van der Waals surface area contributed by atoms with Crippen molar-refractivity contribution in [2.75, 3.05) is 39.8 Å². The van der Waals surface area contributed by atoms with E-state index < -0.39 is 17.2 Å². The van der Waals surface area contributed by atoms with Gasteiger partial charge in [0.25, 0.3) is 5.56 Å². The Morgan fingerprint density at radius 2 is 1.58 bits per heavy atom. The molecular formula is C25H30N4O7. The Bertz CT molecular complexity index is 1360. The van der Waals surface area contributed by atoms with E-state index in [-0.39, 0.29) is 36.3 Å². The molecule has 36 heavy (non-hydrogen) atoms. The second-order valence-electron chi connectivity index (χ2n) is 8.06. The molecule has 192 valence electrons. The summed E-state index contributed by atoms with van der Waals surface area (Å²) in [5.74, 6) is -0.207. The first-order chi connectivity index (χ1) is 17.3. The van der Waals surface area contributed by atoms with Gasteiger partial charge < -0.3 is 24.8 Å². The highest BCUT2D eigenvalue weighted by Crippen LogP contribution is 2.30. The molecule has 2 aromatic carbocycles. The van der Waals surface area contributed by atoms with Crippen molar-refractivity contribution < 1.29 is 23.8 Å². The van der Waals surface area contributed by atoms with Crippen LogP contribution < -0.4 is 31.4 Å². The van der Waals surface area contributed by atoms with Crippen LogP contribution in [0, 0.1) is 6.92 Å². The third-order valence-corrected chi connectivity index (χ3v) is 5.56. The van der Waals surface area contributed by atoms with Crippen molar-refractivity contribution >= 4 is 28.4 Å². The molecule has 0 saturated heterocycles. The third-order valence-electron chi connectivity index (χ3n) is 5.56. The van der Waals surface area contributed by atoms with Gasteiger partial charge in [0.15, 0.2) is 11.5 Å². The van der Waals surface area contributed by atoms with Gasteiger partial charge in [0.1, 0.15) is 6.54 Å². The first kappa shape index (κ1) is 26.5. The van der Waals surface area contributed by atoms with Crippen molar-refractivity contribution in [3.8, 4) is 11.5 Å². The summed E-state index contributed by atoms with van der Waals surface area (Å²) in [7, 11) is 4.37. The summed E-state index contributed by atoms with van der Waals surface area (Å²) in [4.78, 5) is 51.7. The monoisotopic (exact) mass is 498 g/mol. The number of hydrogen-bond donors (Lipinski definition) is 2. The Morgan fingerprint density at radius 1 is 0.917 bits per heavy atom. The molecule has 0 aliphatic carbocycles. The van der Waals surface area contributed by atoms with E-state index in [1.165, 1.54) is 38.0 Å². The topological polar surface area (TPSA) is 130 Å². The Morgan fingerprint density at radius 3 is 2.22 bits per heavy atom. The molecular weight excluding hydrogens is 468 g/mol. The van der Waals surface area contributed by atoms with Crippen LogP contribution in [-0.4, -0.2) is 55.4 Å². The number of rotatable bonds is 11. The molecule has 3 rings (SSSR count). The smallest absolute Gasteiger partial charge is 0.331 e. The fourth-order valence-electron chi connectivity index (χ4n) is 3.67. The number of nitrogens with one attached hydrogen (secondary N) is 2. The van der Waals surface area contributed by atoms with Crippen molar-refractivity contribution in [2.24, 2.45) is 0 Å². The third kappa shape index (κ3) is 6.11. The van der Waals surface area contributed by atoms with Gasteiger partial charge in [-0.2, -0.15) is 0 Å². The molecule has 0 aliphatic heterocycles. The lowest BCUT2D eigenvalue weighted by molar-refractivity contribution is -0.121. The van der Waals surface area contributed by atoms with Gasteiger partial charge in [-0.1, -0.05) is 17.7 Å². The molecule has 1 aromatic heterocycles. The highest BCUT2D eigenvalue weighted by atomic mass is 16.5. The van der Waals surface area contributed by atoms with Crippen LogP contribution in [0.5, 0.6) is 11.5 Å². The fourth-order valence-corrected chi connectivity index (χ4v) is 3.67. The number of carbonyl (C=O) groups is 2. The fraction of sp³-hybridized carbons (Fsp3) is 0.360. The van der Waals surface area contributed by atoms with Gasteiger partial charge >= 0.3 is 5.69 Å². The van der Waals surface area contributed by atoms with Gasteiger partial charge in [0.05, 0.1) is 31.7 Å². The molecule has 2 amide bonds. The number of anilines is 1. The summed E-state index contributed by atoms with van der Waals surface area (Å²) in [6.07, 6.45) is -0.104. The van der Waals surface area contributed by atoms with Crippen LogP contribution in [0.1, 0.15) is 12.0 Å². The zero-order valence-corrected chi connectivity index (χ0v) is 20.8. The van der Waals surface area contributed by atoms with E-state index in [1.807, 2.05) is 19.1 Å². The van der Waals surface area contributed by atoms with E-state index in [2.05, 4.69) is 10.6 Å². The number of nitrogens with zero attached hydrogens (tertiary/aromatic N) is 2. The minimum absolute atomic E-state index is 0.104. The van der Waals surface area contributed by atoms with E-state index in [0.29, 0.717) is 30.3 Å². The first-order valence-corrected chi connectivity index (χ1v) is 11.3. The molecule has 11 heteroatoms. The van der Waals surface area contributed by atoms with Crippen molar-refractivity contribution in [3.63, 3.8) is 0 Å². The van der Waals surface area contributed by atoms with Crippen LogP contribution in [0.2, 0.25) is 0 Å². The number of aryl methyl sites for hydroxylation is 1. The normalized spacial score (nSPS) is 10.8. The number of hydrogen-bond acceptors (Lipinski definition) is 7. The quantitative estimate of drug-likeness (QED) is 0.381. The predicted octanol–water partition coefficient (Wildman–Crippen LogP) is 1.28. The van der Waals surface area contributed by atoms with Crippen molar-refractivity contribution in [3.05, 3.63) is 62.8 Å². The van der Waals surface area contributed by atoms with Crippen molar-refractivity contribution in [1.29, 1.82) is 0 Å². The Hall–Kier alpha value is -4.12. The average molecular weight is 499 g/mol. The molecule has 2 N–H and O–H groups in total. The second-order valence-corrected chi connectivity index (χ2v) is 8.06. The number of amides is 2. The summed E-state index contributed by atoms with van der Waals surface area (Å²) in [5.41, 5.74) is 0.500. The van der Waals surface area contributed by atoms with Crippen LogP contribution >= 0.6 is 0 Å². The number of ether oxygens (including phenoxy) is 3. The Balaban J connectivity index is 2.02. The van der Waals surface area contributed by atoms with E-state index in [1.54, 1.807) is 12.1 Å². The zero-order chi connectivity index (χ0) is 26.2. The standard InChI is InChI=1S/C25H30N4O7/c1-16-5-7-17(8-6-16)27-23(31)15-29-19-14-21(36-4)20(35-3)13-18(19)24(32)28(25(29)33)11-9-22(30)26-10-12-34-2/h5-8,13-14H,9-12,15H2,1-4H3,(H,26,30)(H,27,31). The molecule has 0 unspecified atom stereocenters. The van der Waals surface area contributed by atoms with Crippen LogP contribution in [-0.2, 0) is 27.4 Å². The highest BCUT2D eigenvalue weighted by Gasteiger charge is 2.19. The number of methoxy groups -OCH3 is 3. The summed E-state index contributed by atoms with van der Waals surface area (Å²) >= 11 is 0. The Labute approximate surface area is 207 Å². The van der Waals surface area contributed by atoms with E-state index in [0.717, 1.165) is 10.1 Å². The van der Waals surface area contributed by atoms with Crippen LogP contribution in [0.15, 0.2) is 46.0 Å². The van der Waals surface area contributed by atoms with Gasteiger partial charge in [-0.3, -0.25) is 23.5 Å². The maximum atomic E-state index is 13.4. The second kappa shape index (κ2) is 12.0. The maximum Gasteiger partial charge on any atom is 0.331 e. The van der Waals surface area contributed by atoms with Gasteiger partial charge in [0, 0.05) is 38.4 Å². The molecule has 0 spiro atoms. The lowest BCUT2D eigenvalue weighted by Crippen LogP contribution is -2.42. The summed E-state index contributed by atoms with van der Waals surface area (Å²) < 4.78 is 17.7. The summed E-state index contributed by atoms with van der Waals surface area (Å²) in [5, 5.41) is 5.56. The van der Waals surface area contributed by atoms with Crippen LogP contribution in [0.25, 0.3) is 10.9 Å². The number of benzene rings is 2. The van der Waals surface area contributed by atoms with E-state index >= 15 is 0 Å². The first-order valence-electron chi connectivity index (χ1n) is 11.3. The Kier molecular flexibility index (Phi) is 8.85. The highest BCUT2D eigenvalue weighted by molar-refractivity contribution is 5.92. The predicted molar refractivity (Wildman–Crippen MR) is 135 cm³/mol. The minimum atomic E-state index is -0.719. The summed E-state index contributed by atoms with van der Waals surface area (Å²) in [6, 6.07) is 10.2. The minimum Gasteiger partial charge on any atom is -0.493 e. The number of fused-ring (bicyclic) bond motifs is 1. The molecule has 3 aromatic rings. The molecule has 0 radical (unpaired) electrons. The molecule has 1 heterocycles. The van der Waals surface area contributed by atoms with Gasteiger partial charge in [0.2, 0.25) is 11.8 Å². The van der Waals surface area contributed by atoms with Gasteiger partial charge in [-0.25, -0.2) is 4.79 Å². The van der Waals surface area contributed by atoms with Crippen LogP contribution in [0.3, 0.4) is 0 Å². The van der Waals surface area contributed by atoms with Crippen molar-refractivity contribution in [1.82, 2.24) is 14.5 Å². The maximum absolute atomic E-state index is 13.4. The summed E-state index contributed by atoms with van der Waals surface area (Å²) in [6.45, 7) is 2.05. The number of aromatic nitrogens is 2. The van der Waals surface area contributed by atoms with Gasteiger partial charge in [-0.05, 0) is 25.1 Å². The molecule has 0 fully saturated rings. The lowest BCUT2D eigenvalue weighted by atomic mass is 10.2. The van der Waals surface area contributed by atoms with Gasteiger partial charge in [-0.15, -0.1) is 0 Å². The van der Waals surface area contributed by atoms with Crippen molar-refractivity contribution in [2.45, 2.75) is 26.4 Å². The molecule has 0 aliphatic rings. The average Bonchev–Trinajstić information content (AvgIpc) is 2.87. The lowest BCUT2D eigenvalue weighted by Gasteiger charge is -2.16. The van der Waals surface area contributed by atoms with E-state index in [9.17, 15) is 19.2 Å². The van der Waals surface area contributed by atoms with E-state index in [4.69, 9.17) is 14.2 Å². The van der Waals surface area contributed by atoms with Crippen LogP contribution in [0.4, 0.5) is 5.69 Å². The molecule has 0 atom stereocenters. The zero-order valence-electron chi connectivity index (χ0n) is 20.8. The molecule has 0 saturated carbocycles.